The summed E-state index contributed by atoms with van der Waals surface area (Å²) < 4.78 is 5.90. The Morgan fingerprint density at radius 3 is 2.29 bits per heavy atom. The maximum absolute atomic E-state index is 10.7. The first kappa shape index (κ1) is 13.4. The minimum Gasteiger partial charge on any atom is -0.390 e. The molecule has 0 aromatic heterocycles. The zero-order valence-corrected chi connectivity index (χ0v) is 11.6. The van der Waals surface area contributed by atoms with Crippen molar-refractivity contribution in [3.63, 3.8) is 0 Å². The van der Waals surface area contributed by atoms with E-state index in [-0.39, 0.29) is 11.7 Å². The van der Waals surface area contributed by atoms with Gasteiger partial charge in [0.05, 0.1) is 11.7 Å². The summed E-state index contributed by atoms with van der Waals surface area (Å²) in [5.41, 5.74) is -0.278. The Kier molecular flexibility index (Phi) is 4.14. The van der Waals surface area contributed by atoms with Crippen LogP contribution in [0.15, 0.2) is 0 Å². The number of hydrogen-bond acceptors (Lipinski definition) is 2. The summed E-state index contributed by atoms with van der Waals surface area (Å²) in [6, 6.07) is 0. The van der Waals surface area contributed by atoms with E-state index in [1.807, 2.05) is 0 Å². The lowest BCUT2D eigenvalue weighted by atomic mass is 9.70. The molecule has 2 nitrogen and oxygen atoms in total. The maximum atomic E-state index is 10.7. The van der Waals surface area contributed by atoms with Crippen LogP contribution in [-0.2, 0) is 4.74 Å². The van der Waals surface area contributed by atoms with Gasteiger partial charge in [-0.3, -0.25) is 0 Å². The largest absolute Gasteiger partial charge is 0.390 e. The van der Waals surface area contributed by atoms with Crippen molar-refractivity contribution >= 4 is 0 Å². The van der Waals surface area contributed by atoms with Crippen LogP contribution in [0, 0.1) is 17.8 Å². The van der Waals surface area contributed by atoms with E-state index in [0.717, 1.165) is 31.3 Å². The van der Waals surface area contributed by atoms with Gasteiger partial charge in [0.15, 0.2) is 0 Å². The van der Waals surface area contributed by atoms with Gasteiger partial charge in [-0.05, 0) is 63.2 Å². The van der Waals surface area contributed by atoms with E-state index >= 15 is 0 Å². The fourth-order valence-corrected chi connectivity index (χ4v) is 3.95. The van der Waals surface area contributed by atoms with E-state index < -0.39 is 0 Å². The topological polar surface area (TPSA) is 29.5 Å². The quantitative estimate of drug-likeness (QED) is 0.802. The highest BCUT2D eigenvalue weighted by molar-refractivity contribution is 4.92. The Morgan fingerprint density at radius 1 is 1.12 bits per heavy atom. The first-order valence-electron chi connectivity index (χ1n) is 7.33. The van der Waals surface area contributed by atoms with Crippen molar-refractivity contribution < 1.29 is 9.84 Å². The highest BCUT2D eigenvalue weighted by atomic mass is 16.5. The first-order chi connectivity index (χ1) is 8.01. The highest BCUT2D eigenvalue weighted by Gasteiger charge is 2.42. The first-order valence-corrected chi connectivity index (χ1v) is 7.33. The van der Waals surface area contributed by atoms with E-state index in [0.29, 0.717) is 5.92 Å². The zero-order valence-electron chi connectivity index (χ0n) is 11.6. The van der Waals surface area contributed by atoms with Crippen molar-refractivity contribution in [3.8, 4) is 0 Å². The minimum absolute atomic E-state index is 0.270. The molecule has 1 N–H and O–H groups in total. The van der Waals surface area contributed by atoms with E-state index in [2.05, 4.69) is 20.8 Å². The smallest absolute Gasteiger partial charge is 0.0914 e. The summed E-state index contributed by atoms with van der Waals surface area (Å²) in [5, 5.41) is 10.7. The van der Waals surface area contributed by atoms with Gasteiger partial charge in [-0.1, -0.05) is 13.8 Å². The molecule has 0 bridgehead atoms. The standard InChI is InChI=1S/C15H28O2/c1-11-8-12(2)10-13(9-11)14(16)15(3)6-4-5-7-17-15/h11-14,16H,4-10H2,1-3H3. The van der Waals surface area contributed by atoms with Gasteiger partial charge in [0.2, 0.25) is 0 Å². The Labute approximate surface area is 106 Å². The van der Waals surface area contributed by atoms with Crippen molar-refractivity contribution in [3.05, 3.63) is 0 Å². The summed E-state index contributed by atoms with van der Waals surface area (Å²) in [7, 11) is 0. The van der Waals surface area contributed by atoms with Gasteiger partial charge < -0.3 is 9.84 Å². The summed E-state index contributed by atoms with van der Waals surface area (Å²) in [5.74, 6) is 1.95. The molecule has 0 aromatic carbocycles. The van der Waals surface area contributed by atoms with Gasteiger partial charge in [-0.2, -0.15) is 0 Å². The number of aliphatic hydroxyl groups is 1. The maximum Gasteiger partial charge on any atom is 0.0914 e. The fraction of sp³-hybridized carbons (Fsp3) is 1.00. The molecule has 2 heteroatoms. The second-order valence-electron chi connectivity index (χ2n) is 6.74. The van der Waals surface area contributed by atoms with Crippen LogP contribution in [0.2, 0.25) is 0 Å². The molecule has 100 valence electrons. The Morgan fingerprint density at radius 2 is 1.76 bits per heavy atom. The van der Waals surface area contributed by atoms with E-state index in [4.69, 9.17) is 4.74 Å². The Balaban J connectivity index is 2.00. The number of aliphatic hydroxyl groups excluding tert-OH is 1. The lowest BCUT2D eigenvalue weighted by Gasteiger charge is -2.44. The third kappa shape index (κ3) is 3.03. The van der Waals surface area contributed by atoms with Crippen molar-refractivity contribution in [2.24, 2.45) is 17.8 Å². The summed E-state index contributed by atoms with van der Waals surface area (Å²) in [6.45, 7) is 7.57. The molecule has 2 fully saturated rings. The van der Waals surface area contributed by atoms with Crippen LogP contribution in [0.25, 0.3) is 0 Å². The third-order valence-corrected chi connectivity index (χ3v) is 4.79. The molecule has 17 heavy (non-hydrogen) atoms. The predicted octanol–water partition coefficient (Wildman–Crippen LogP) is 3.38. The molecule has 0 spiro atoms. The SMILES string of the molecule is CC1CC(C)CC(C(O)C2(C)CCCCO2)C1. The van der Waals surface area contributed by atoms with Crippen molar-refractivity contribution in [1.29, 1.82) is 0 Å². The van der Waals surface area contributed by atoms with Gasteiger partial charge >= 0.3 is 0 Å². The van der Waals surface area contributed by atoms with Gasteiger partial charge in [0, 0.05) is 6.61 Å². The number of hydrogen-bond donors (Lipinski definition) is 1. The second kappa shape index (κ2) is 5.27. The molecule has 1 saturated heterocycles. The highest BCUT2D eigenvalue weighted by Crippen LogP contribution is 2.40. The van der Waals surface area contributed by atoms with Gasteiger partial charge in [-0.15, -0.1) is 0 Å². The van der Waals surface area contributed by atoms with Crippen LogP contribution in [0.1, 0.15) is 59.3 Å². The lowest BCUT2D eigenvalue weighted by Crippen LogP contribution is -2.49. The predicted molar refractivity (Wildman–Crippen MR) is 69.9 cm³/mol. The molecular formula is C15H28O2. The van der Waals surface area contributed by atoms with E-state index in [1.54, 1.807) is 0 Å². The van der Waals surface area contributed by atoms with Crippen LogP contribution in [0.4, 0.5) is 0 Å². The molecule has 1 saturated carbocycles. The monoisotopic (exact) mass is 240 g/mol. The molecule has 2 rings (SSSR count). The molecule has 2 aliphatic rings. The molecular weight excluding hydrogens is 212 g/mol. The molecule has 4 atom stereocenters. The van der Waals surface area contributed by atoms with Crippen LogP contribution < -0.4 is 0 Å². The Hall–Kier alpha value is -0.0800. The normalized spacial score (nSPS) is 45.5. The van der Waals surface area contributed by atoms with Gasteiger partial charge in [-0.25, -0.2) is 0 Å². The van der Waals surface area contributed by atoms with Crippen LogP contribution in [0.5, 0.6) is 0 Å². The Bertz CT molecular complexity index is 235. The van der Waals surface area contributed by atoms with Crippen LogP contribution >= 0.6 is 0 Å². The summed E-state index contributed by atoms with van der Waals surface area (Å²) >= 11 is 0. The van der Waals surface area contributed by atoms with Crippen LogP contribution in [0.3, 0.4) is 0 Å². The molecule has 4 unspecified atom stereocenters. The van der Waals surface area contributed by atoms with Gasteiger partial charge in [0.25, 0.3) is 0 Å². The second-order valence-corrected chi connectivity index (χ2v) is 6.74. The lowest BCUT2D eigenvalue weighted by molar-refractivity contribution is -0.160. The summed E-state index contributed by atoms with van der Waals surface area (Å²) in [6.07, 6.45) is 6.77. The minimum atomic E-state index is -0.278. The average Bonchev–Trinajstić information content (AvgIpc) is 2.27. The third-order valence-electron chi connectivity index (χ3n) is 4.79. The van der Waals surface area contributed by atoms with Gasteiger partial charge in [0.1, 0.15) is 0 Å². The molecule has 1 aliphatic heterocycles. The van der Waals surface area contributed by atoms with E-state index in [9.17, 15) is 5.11 Å². The fourth-order valence-electron chi connectivity index (χ4n) is 3.95. The molecule has 1 aliphatic carbocycles. The molecule has 1 heterocycles. The number of rotatable bonds is 2. The average molecular weight is 240 g/mol. The van der Waals surface area contributed by atoms with Crippen molar-refractivity contribution in [2.75, 3.05) is 6.61 Å². The summed E-state index contributed by atoms with van der Waals surface area (Å²) in [4.78, 5) is 0. The van der Waals surface area contributed by atoms with Crippen molar-refractivity contribution in [2.45, 2.75) is 71.0 Å². The van der Waals surface area contributed by atoms with Crippen molar-refractivity contribution in [1.82, 2.24) is 0 Å². The molecule has 0 aromatic rings. The van der Waals surface area contributed by atoms with Crippen LogP contribution in [-0.4, -0.2) is 23.4 Å². The van der Waals surface area contributed by atoms with E-state index in [1.165, 1.54) is 25.7 Å². The molecule has 0 amide bonds. The number of ether oxygens (including phenoxy) is 1. The zero-order chi connectivity index (χ0) is 12.5. The molecule has 0 radical (unpaired) electrons.